The van der Waals surface area contributed by atoms with E-state index in [1.54, 1.807) is 0 Å². The van der Waals surface area contributed by atoms with Crippen LogP contribution in [0.2, 0.25) is 0 Å². The predicted octanol–water partition coefficient (Wildman–Crippen LogP) is 3.59. The van der Waals surface area contributed by atoms with Crippen molar-refractivity contribution in [1.82, 2.24) is 4.98 Å². The minimum atomic E-state index is -0.236. The van der Waals surface area contributed by atoms with Crippen LogP contribution in [0.4, 0.5) is 5.69 Å². The third-order valence-electron chi connectivity index (χ3n) is 4.16. The second kappa shape index (κ2) is 5.70. The maximum atomic E-state index is 9.85. The van der Waals surface area contributed by atoms with Crippen molar-refractivity contribution in [3.8, 4) is 0 Å². The average molecular weight is 335 g/mol. The summed E-state index contributed by atoms with van der Waals surface area (Å²) < 4.78 is 1.05. The third kappa shape index (κ3) is 2.67. The lowest BCUT2D eigenvalue weighted by Gasteiger charge is -2.36. The molecule has 0 saturated carbocycles. The third-order valence-corrected chi connectivity index (χ3v) is 4.66. The Kier molecular flexibility index (Phi) is 3.94. The highest BCUT2D eigenvalue weighted by atomic mass is 79.9. The monoisotopic (exact) mass is 334 g/mol. The first-order chi connectivity index (χ1) is 9.65. The van der Waals surface area contributed by atoms with Gasteiger partial charge < -0.3 is 10.0 Å². The second-order valence-corrected chi connectivity index (χ2v) is 6.50. The molecule has 1 fully saturated rings. The molecule has 1 aliphatic heterocycles. The molecule has 106 valence electrons. The van der Waals surface area contributed by atoms with Crippen molar-refractivity contribution >= 4 is 32.5 Å². The molecule has 2 aromatic rings. The van der Waals surface area contributed by atoms with Crippen LogP contribution >= 0.6 is 15.9 Å². The summed E-state index contributed by atoms with van der Waals surface area (Å²) in [6.45, 7) is 3.88. The van der Waals surface area contributed by atoms with E-state index in [0.717, 1.165) is 35.9 Å². The van der Waals surface area contributed by atoms with E-state index in [1.165, 1.54) is 11.1 Å². The fraction of sp³-hybridized carbons (Fsp3) is 0.438. The predicted molar refractivity (Wildman–Crippen MR) is 86.1 cm³/mol. The van der Waals surface area contributed by atoms with Gasteiger partial charge in [-0.3, -0.25) is 4.98 Å². The summed E-state index contributed by atoms with van der Waals surface area (Å²) in [6.07, 6.45) is 3.88. The van der Waals surface area contributed by atoms with Gasteiger partial charge in [0.1, 0.15) is 0 Å². The van der Waals surface area contributed by atoms with Crippen molar-refractivity contribution in [2.24, 2.45) is 5.92 Å². The molecule has 20 heavy (non-hydrogen) atoms. The number of aliphatic hydroxyl groups excluding tert-OH is 1. The summed E-state index contributed by atoms with van der Waals surface area (Å²) >= 11 is 3.49. The lowest BCUT2D eigenvalue weighted by Crippen LogP contribution is -2.39. The normalized spacial score (nSPS) is 21.1. The Balaban J connectivity index is 1.97. The minimum Gasteiger partial charge on any atom is -0.393 e. The molecule has 0 amide bonds. The quantitative estimate of drug-likeness (QED) is 0.911. The van der Waals surface area contributed by atoms with Gasteiger partial charge in [-0.2, -0.15) is 0 Å². The minimum absolute atomic E-state index is 0.236. The summed E-state index contributed by atoms with van der Waals surface area (Å²) in [6, 6.07) is 8.31. The molecule has 0 aliphatic carbocycles. The van der Waals surface area contributed by atoms with Crippen LogP contribution in [-0.4, -0.2) is 29.3 Å². The van der Waals surface area contributed by atoms with Gasteiger partial charge in [-0.1, -0.05) is 15.9 Å². The van der Waals surface area contributed by atoms with E-state index in [2.05, 4.69) is 50.1 Å². The standard InChI is InChI=1S/C16H19BrN2O/c1-11(20)12-3-2-8-19(10-12)16-6-7-18-15-9-13(17)4-5-14(15)16/h4-7,9,11-12,20H,2-3,8,10H2,1H3. The summed E-state index contributed by atoms with van der Waals surface area (Å²) in [5, 5.41) is 11.0. The van der Waals surface area contributed by atoms with Gasteiger partial charge >= 0.3 is 0 Å². The summed E-state index contributed by atoms with van der Waals surface area (Å²) in [4.78, 5) is 6.83. The van der Waals surface area contributed by atoms with E-state index in [1.807, 2.05) is 13.1 Å². The van der Waals surface area contributed by atoms with Gasteiger partial charge in [-0.15, -0.1) is 0 Å². The van der Waals surface area contributed by atoms with Crippen molar-refractivity contribution in [3.05, 3.63) is 34.9 Å². The number of benzene rings is 1. The molecular weight excluding hydrogens is 316 g/mol. The van der Waals surface area contributed by atoms with Crippen LogP contribution < -0.4 is 4.90 Å². The van der Waals surface area contributed by atoms with E-state index in [-0.39, 0.29) is 6.10 Å². The number of aliphatic hydroxyl groups is 1. The molecule has 2 atom stereocenters. The van der Waals surface area contributed by atoms with E-state index < -0.39 is 0 Å². The summed E-state index contributed by atoms with van der Waals surface area (Å²) in [5.41, 5.74) is 2.24. The number of rotatable bonds is 2. The number of fused-ring (bicyclic) bond motifs is 1. The molecular formula is C16H19BrN2O. The van der Waals surface area contributed by atoms with E-state index >= 15 is 0 Å². The Morgan fingerprint density at radius 3 is 3.05 bits per heavy atom. The van der Waals surface area contributed by atoms with E-state index in [4.69, 9.17) is 0 Å². The highest BCUT2D eigenvalue weighted by Crippen LogP contribution is 2.31. The molecule has 2 unspecified atom stereocenters. The van der Waals surface area contributed by atoms with Crippen molar-refractivity contribution in [3.63, 3.8) is 0 Å². The zero-order valence-electron chi connectivity index (χ0n) is 11.6. The Labute approximate surface area is 127 Å². The average Bonchev–Trinajstić information content (AvgIpc) is 2.46. The van der Waals surface area contributed by atoms with Gasteiger partial charge in [-0.05, 0) is 44.0 Å². The highest BCUT2D eigenvalue weighted by molar-refractivity contribution is 9.10. The van der Waals surface area contributed by atoms with Crippen molar-refractivity contribution in [2.45, 2.75) is 25.9 Å². The number of pyridine rings is 1. The van der Waals surface area contributed by atoms with Crippen LogP contribution in [0.5, 0.6) is 0 Å². The lowest BCUT2D eigenvalue weighted by molar-refractivity contribution is 0.115. The molecule has 1 aliphatic rings. The molecule has 0 bridgehead atoms. The maximum absolute atomic E-state index is 9.85. The maximum Gasteiger partial charge on any atom is 0.0734 e. The van der Waals surface area contributed by atoms with Crippen molar-refractivity contribution in [2.75, 3.05) is 18.0 Å². The van der Waals surface area contributed by atoms with E-state index in [9.17, 15) is 5.11 Å². The van der Waals surface area contributed by atoms with Crippen LogP contribution in [0.3, 0.4) is 0 Å². The van der Waals surface area contributed by atoms with Crippen LogP contribution in [0.15, 0.2) is 34.9 Å². The number of hydrogen-bond donors (Lipinski definition) is 1. The summed E-state index contributed by atoms with van der Waals surface area (Å²) in [7, 11) is 0. The number of hydrogen-bond acceptors (Lipinski definition) is 3. The van der Waals surface area contributed by atoms with Crippen LogP contribution in [0.25, 0.3) is 10.9 Å². The van der Waals surface area contributed by atoms with Gasteiger partial charge in [0, 0.05) is 40.8 Å². The molecule has 3 nitrogen and oxygen atoms in total. The Bertz CT molecular complexity index is 614. The Hall–Kier alpha value is -1.13. The number of halogens is 1. The topological polar surface area (TPSA) is 36.4 Å². The number of anilines is 1. The van der Waals surface area contributed by atoms with E-state index in [0.29, 0.717) is 5.92 Å². The van der Waals surface area contributed by atoms with Gasteiger partial charge in [-0.25, -0.2) is 0 Å². The first-order valence-electron chi connectivity index (χ1n) is 7.12. The second-order valence-electron chi connectivity index (χ2n) is 5.58. The fourth-order valence-electron chi connectivity index (χ4n) is 3.00. The highest BCUT2D eigenvalue weighted by Gasteiger charge is 2.24. The Morgan fingerprint density at radius 2 is 2.25 bits per heavy atom. The molecule has 4 heteroatoms. The fourth-order valence-corrected chi connectivity index (χ4v) is 3.35. The largest absolute Gasteiger partial charge is 0.393 e. The van der Waals surface area contributed by atoms with Crippen LogP contribution in [0.1, 0.15) is 19.8 Å². The number of nitrogens with zero attached hydrogens (tertiary/aromatic N) is 2. The molecule has 1 aromatic carbocycles. The number of aromatic nitrogens is 1. The van der Waals surface area contributed by atoms with Crippen LogP contribution in [-0.2, 0) is 0 Å². The molecule has 1 aromatic heterocycles. The van der Waals surface area contributed by atoms with Gasteiger partial charge in [0.2, 0.25) is 0 Å². The van der Waals surface area contributed by atoms with Crippen LogP contribution in [0, 0.1) is 5.92 Å². The van der Waals surface area contributed by atoms with Gasteiger partial charge in [0.05, 0.1) is 11.6 Å². The zero-order chi connectivity index (χ0) is 14.1. The molecule has 0 spiro atoms. The number of piperidine rings is 1. The van der Waals surface area contributed by atoms with Gasteiger partial charge in [0.25, 0.3) is 0 Å². The van der Waals surface area contributed by atoms with Gasteiger partial charge in [0.15, 0.2) is 0 Å². The van der Waals surface area contributed by atoms with Crippen molar-refractivity contribution in [1.29, 1.82) is 0 Å². The Morgan fingerprint density at radius 1 is 1.40 bits per heavy atom. The SMILES string of the molecule is CC(O)C1CCCN(c2ccnc3cc(Br)ccc23)C1. The first kappa shape index (κ1) is 13.8. The summed E-state index contributed by atoms with van der Waals surface area (Å²) in [5.74, 6) is 0.363. The molecule has 2 heterocycles. The molecule has 1 saturated heterocycles. The smallest absolute Gasteiger partial charge is 0.0734 e. The molecule has 3 rings (SSSR count). The zero-order valence-corrected chi connectivity index (χ0v) is 13.2. The first-order valence-corrected chi connectivity index (χ1v) is 7.92. The van der Waals surface area contributed by atoms with Crippen molar-refractivity contribution < 1.29 is 5.11 Å². The molecule has 1 N–H and O–H groups in total. The lowest BCUT2D eigenvalue weighted by atomic mass is 9.93. The molecule has 0 radical (unpaired) electrons.